The molecule has 3 nitrogen and oxygen atoms in total. The minimum absolute atomic E-state index is 0.0227. The molecule has 0 saturated heterocycles. The predicted octanol–water partition coefficient (Wildman–Crippen LogP) is 5.51. The second-order valence-corrected chi connectivity index (χ2v) is 8.33. The summed E-state index contributed by atoms with van der Waals surface area (Å²) in [5, 5.41) is 0.653. The molecule has 0 aliphatic carbocycles. The van der Waals surface area contributed by atoms with Gasteiger partial charge in [-0.25, -0.2) is 4.39 Å². The van der Waals surface area contributed by atoms with Gasteiger partial charge in [-0.2, -0.15) is 0 Å². The van der Waals surface area contributed by atoms with E-state index in [9.17, 15) is 9.18 Å². The number of halogens is 1. The number of hydrogen-bond acceptors (Lipinski definition) is 3. The van der Waals surface area contributed by atoms with E-state index in [2.05, 4.69) is 13.8 Å². The number of nitrogens with zero attached hydrogens (tertiary/aromatic N) is 2. The minimum atomic E-state index is -0.286. The highest BCUT2D eigenvalue weighted by Gasteiger charge is 2.18. The monoisotopic (exact) mass is 384 g/mol. The first-order valence-electron chi connectivity index (χ1n) is 8.40. The fourth-order valence-electron chi connectivity index (χ4n) is 3.24. The van der Waals surface area contributed by atoms with Gasteiger partial charge in [0.15, 0.2) is 3.95 Å². The predicted molar refractivity (Wildman–Crippen MR) is 108 cm³/mol. The third-order valence-corrected chi connectivity index (χ3v) is 5.73. The van der Waals surface area contributed by atoms with E-state index in [0.29, 0.717) is 21.8 Å². The van der Waals surface area contributed by atoms with Gasteiger partial charge in [0.1, 0.15) is 11.5 Å². The van der Waals surface area contributed by atoms with Crippen molar-refractivity contribution in [3.05, 3.63) is 68.7 Å². The molecule has 0 bridgehead atoms. The largest absolute Gasteiger partial charge is 0.292 e. The Balaban J connectivity index is 2.20. The molecule has 0 aliphatic heterocycles. The lowest BCUT2D eigenvalue weighted by atomic mass is 10.1. The van der Waals surface area contributed by atoms with E-state index < -0.39 is 0 Å². The van der Waals surface area contributed by atoms with E-state index in [1.54, 1.807) is 16.7 Å². The molecule has 6 heteroatoms. The van der Waals surface area contributed by atoms with E-state index in [1.807, 2.05) is 28.7 Å². The van der Waals surface area contributed by atoms with Gasteiger partial charge >= 0.3 is 0 Å². The molecule has 26 heavy (non-hydrogen) atoms. The minimum Gasteiger partial charge on any atom is -0.292 e. The van der Waals surface area contributed by atoms with E-state index in [4.69, 9.17) is 12.2 Å². The fourth-order valence-corrected chi connectivity index (χ4v) is 4.67. The van der Waals surface area contributed by atoms with Crippen LogP contribution >= 0.6 is 23.6 Å². The van der Waals surface area contributed by atoms with Crippen LogP contribution in [0, 0.1) is 15.7 Å². The molecule has 0 aliphatic rings. The lowest BCUT2D eigenvalue weighted by molar-refractivity contribution is 0.521. The third-order valence-electron chi connectivity index (χ3n) is 4.32. The number of para-hydroxylation sites is 1. The maximum Gasteiger partial charge on any atom is 0.261 e. The fraction of sp³-hybridized carbons (Fsp3) is 0.200. The van der Waals surface area contributed by atoms with Gasteiger partial charge in [0, 0.05) is 6.54 Å². The number of benzene rings is 2. The maximum atomic E-state index is 13.4. The Labute approximate surface area is 159 Å². The molecule has 132 valence electrons. The van der Waals surface area contributed by atoms with Gasteiger partial charge in [0.05, 0.1) is 15.8 Å². The Kier molecular flexibility index (Phi) is 4.25. The number of aromatic nitrogens is 2. The maximum absolute atomic E-state index is 13.4. The van der Waals surface area contributed by atoms with Gasteiger partial charge in [-0.05, 0) is 48.0 Å². The van der Waals surface area contributed by atoms with Crippen molar-refractivity contribution in [2.75, 3.05) is 0 Å². The summed E-state index contributed by atoms with van der Waals surface area (Å²) in [6, 6.07) is 13.9. The topological polar surface area (TPSA) is 26.4 Å². The summed E-state index contributed by atoms with van der Waals surface area (Å²) in [6.45, 7) is 4.75. The van der Waals surface area contributed by atoms with Crippen LogP contribution in [0.2, 0.25) is 0 Å². The zero-order chi connectivity index (χ0) is 18.4. The Hall–Kier alpha value is -2.31. The quantitative estimate of drug-likeness (QED) is 0.436. The molecule has 0 saturated carbocycles. The third kappa shape index (κ3) is 2.70. The summed E-state index contributed by atoms with van der Waals surface area (Å²) in [5.74, 6) is 0.0121. The van der Waals surface area contributed by atoms with Crippen molar-refractivity contribution < 1.29 is 4.39 Å². The van der Waals surface area contributed by atoms with Crippen LogP contribution in [-0.4, -0.2) is 8.97 Å². The molecule has 0 unspecified atom stereocenters. The van der Waals surface area contributed by atoms with Crippen molar-refractivity contribution in [2.45, 2.75) is 20.4 Å². The van der Waals surface area contributed by atoms with Crippen LogP contribution in [0.25, 0.3) is 27.0 Å². The van der Waals surface area contributed by atoms with Gasteiger partial charge in [-0.1, -0.05) is 38.1 Å². The van der Waals surface area contributed by atoms with E-state index >= 15 is 0 Å². The molecule has 2 aromatic heterocycles. The summed E-state index contributed by atoms with van der Waals surface area (Å²) in [7, 11) is 0. The Morgan fingerprint density at radius 2 is 1.81 bits per heavy atom. The van der Waals surface area contributed by atoms with Gasteiger partial charge in [-0.15, -0.1) is 11.3 Å². The van der Waals surface area contributed by atoms with Gasteiger partial charge in [0.25, 0.3) is 5.56 Å². The van der Waals surface area contributed by atoms with Crippen LogP contribution in [0.5, 0.6) is 0 Å². The smallest absolute Gasteiger partial charge is 0.261 e. The first kappa shape index (κ1) is 17.1. The molecule has 4 aromatic rings. The highest BCUT2D eigenvalue weighted by molar-refractivity contribution is 7.73. The van der Waals surface area contributed by atoms with Crippen LogP contribution < -0.4 is 5.56 Å². The molecular weight excluding hydrogens is 367 g/mol. The van der Waals surface area contributed by atoms with Crippen LogP contribution in [0.1, 0.15) is 13.8 Å². The van der Waals surface area contributed by atoms with Crippen molar-refractivity contribution in [3.63, 3.8) is 0 Å². The molecule has 0 amide bonds. The zero-order valence-corrected chi connectivity index (χ0v) is 16.0. The van der Waals surface area contributed by atoms with Gasteiger partial charge in [-0.3, -0.25) is 13.8 Å². The average Bonchev–Trinajstić information content (AvgIpc) is 2.96. The van der Waals surface area contributed by atoms with Crippen LogP contribution in [0.15, 0.2) is 53.3 Å². The second-order valence-electron chi connectivity index (χ2n) is 6.69. The lowest BCUT2D eigenvalue weighted by Crippen LogP contribution is -2.25. The normalized spacial score (nSPS) is 11.7. The van der Waals surface area contributed by atoms with Crippen LogP contribution in [0.4, 0.5) is 4.39 Å². The molecule has 0 radical (unpaired) electrons. The zero-order valence-electron chi connectivity index (χ0n) is 14.4. The number of rotatable bonds is 3. The highest BCUT2D eigenvalue weighted by Crippen LogP contribution is 2.33. The molecule has 4 rings (SSSR count). The van der Waals surface area contributed by atoms with Gasteiger partial charge in [0.2, 0.25) is 0 Å². The lowest BCUT2D eigenvalue weighted by Gasteiger charge is -2.15. The Morgan fingerprint density at radius 3 is 2.50 bits per heavy atom. The molecular formula is C20H17FN2OS2. The van der Waals surface area contributed by atoms with E-state index in [1.165, 1.54) is 23.5 Å². The summed E-state index contributed by atoms with van der Waals surface area (Å²) in [6.07, 6.45) is 0. The summed E-state index contributed by atoms with van der Waals surface area (Å²) < 4.78 is 17.8. The molecule has 0 spiro atoms. The summed E-state index contributed by atoms with van der Waals surface area (Å²) in [5.41, 5.74) is 2.42. The molecule has 2 heterocycles. The van der Waals surface area contributed by atoms with E-state index in [-0.39, 0.29) is 11.4 Å². The number of fused-ring (bicyclic) bond motifs is 3. The molecule has 0 N–H and O–H groups in total. The molecule has 0 fully saturated rings. The van der Waals surface area contributed by atoms with Gasteiger partial charge < -0.3 is 0 Å². The Morgan fingerprint density at radius 1 is 1.12 bits per heavy atom. The molecule has 0 atom stereocenters. The van der Waals surface area contributed by atoms with Crippen molar-refractivity contribution in [3.8, 4) is 10.4 Å². The number of hydrogen-bond donors (Lipinski definition) is 0. The highest BCUT2D eigenvalue weighted by atomic mass is 32.1. The van der Waals surface area contributed by atoms with Crippen molar-refractivity contribution in [1.29, 1.82) is 0 Å². The standard InChI is InChI=1S/C20H17FN2OS2/c1-12(2)11-22-18-17(13-7-9-14(21)10-8-13)26-20(25)23(18)16-6-4-3-5-15(16)19(22)24/h3-10,12H,11H2,1-2H3. The Bertz CT molecular complexity index is 1230. The van der Waals surface area contributed by atoms with Crippen molar-refractivity contribution >= 4 is 40.1 Å². The SMILES string of the molecule is CC(C)Cn1c(=O)c2ccccc2n2c(=S)sc(-c3ccc(F)cc3)c12. The second kappa shape index (κ2) is 6.45. The van der Waals surface area contributed by atoms with Crippen molar-refractivity contribution in [1.82, 2.24) is 8.97 Å². The first-order chi connectivity index (χ1) is 12.5. The average molecular weight is 385 g/mol. The summed E-state index contributed by atoms with van der Waals surface area (Å²) in [4.78, 5) is 14.1. The number of thiazole rings is 1. The van der Waals surface area contributed by atoms with Crippen LogP contribution in [-0.2, 0) is 6.54 Å². The molecule has 2 aromatic carbocycles. The van der Waals surface area contributed by atoms with Crippen LogP contribution in [0.3, 0.4) is 0 Å². The van der Waals surface area contributed by atoms with Crippen molar-refractivity contribution in [2.24, 2.45) is 5.92 Å². The first-order valence-corrected chi connectivity index (χ1v) is 9.63. The summed E-state index contributed by atoms with van der Waals surface area (Å²) >= 11 is 7.08. The van der Waals surface area contributed by atoms with E-state index in [0.717, 1.165) is 21.6 Å².